The smallest absolute Gasteiger partial charge is 0.251 e. The van der Waals surface area contributed by atoms with Crippen molar-refractivity contribution in [3.8, 4) is 0 Å². The van der Waals surface area contributed by atoms with Gasteiger partial charge in [0.1, 0.15) is 6.04 Å². The zero-order chi connectivity index (χ0) is 27.8. The largest absolute Gasteiger partial charge is 0.396 e. The van der Waals surface area contributed by atoms with E-state index in [0.29, 0.717) is 36.6 Å². The van der Waals surface area contributed by atoms with Gasteiger partial charge < -0.3 is 19.8 Å². The van der Waals surface area contributed by atoms with E-state index in [1.54, 1.807) is 51.7 Å². The molecule has 3 aliphatic heterocycles. The zero-order valence-corrected chi connectivity index (χ0v) is 24.0. The van der Waals surface area contributed by atoms with Gasteiger partial charge in [-0.05, 0) is 43.7 Å². The van der Waals surface area contributed by atoms with Crippen molar-refractivity contribution < 1.29 is 19.5 Å². The van der Waals surface area contributed by atoms with Gasteiger partial charge in [0, 0.05) is 38.5 Å². The van der Waals surface area contributed by atoms with E-state index in [-0.39, 0.29) is 42.0 Å². The highest BCUT2D eigenvalue weighted by atomic mass is 35.5. The lowest BCUT2D eigenvalue weighted by molar-refractivity contribution is -0.143. The summed E-state index contributed by atoms with van der Waals surface area (Å²) in [5, 5.41) is 9.85. The molecule has 1 N–H and O–H groups in total. The predicted molar refractivity (Wildman–Crippen MR) is 153 cm³/mol. The number of unbranched alkanes of at least 4 members (excludes halogenated alkanes) is 1. The number of benzene rings is 1. The summed E-state index contributed by atoms with van der Waals surface area (Å²) < 4.78 is -0.720. The van der Waals surface area contributed by atoms with Crippen LogP contribution in [0.5, 0.6) is 0 Å². The Balaban J connectivity index is 1.82. The number of likely N-dealkylation sites (N-methyl/N-ethyl adjacent to an activating group) is 1. The molecule has 3 fully saturated rings. The van der Waals surface area contributed by atoms with Crippen LogP contribution in [0, 0.1) is 24.7 Å². The van der Waals surface area contributed by atoms with Gasteiger partial charge in [-0.15, -0.1) is 24.9 Å². The van der Waals surface area contributed by atoms with Crippen molar-refractivity contribution in [1.29, 1.82) is 0 Å². The lowest BCUT2D eigenvalue weighted by Gasteiger charge is -2.41. The first-order chi connectivity index (χ1) is 18.1. The summed E-state index contributed by atoms with van der Waals surface area (Å²) in [6.45, 7) is 12.7. The van der Waals surface area contributed by atoms with E-state index >= 15 is 0 Å². The summed E-state index contributed by atoms with van der Waals surface area (Å²) >= 11 is 8.28. The third-order valence-electron chi connectivity index (χ3n) is 8.39. The predicted octanol–water partition coefficient (Wildman–Crippen LogP) is 3.92. The minimum Gasteiger partial charge on any atom is -0.396 e. The van der Waals surface area contributed by atoms with E-state index in [0.717, 1.165) is 12.0 Å². The summed E-state index contributed by atoms with van der Waals surface area (Å²) in [6.07, 6.45) is 5.21. The third kappa shape index (κ3) is 4.48. The minimum absolute atomic E-state index is 0.0112. The molecular formula is C29H38ClN3O4S. The van der Waals surface area contributed by atoms with Gasteiger partial charge in [0.05, 0.1) is 27.3 Å². The number of carbonyl (C=O) groups is 3. The molecule has 3 saturated heterocycles. The highest BCUT2D eigenvalue weighted by Gasteiger charge is 2.76. The van der Waals surface area contributed by atoms with Crippen LogP contribution in [0.2, 0.25) is 5.02 Å². The van der Waals surface area contributed by atoms with E-state index < -0.39 is 22.6 Å². The number of hydrogen-bond donors (Lipinski definition) is 1. The Bertz CT molecular complexity index is 1110. The molecule has 1 spiro atoms. The number of rotatable bonds is 11. The van der Waals surface area contributed by atoms with Gasteiger partial charge in [0.25, 0.3) is 5.91 Å². The topological polar surface area (TPSA) is 81.2 Å². The molecule has 4 rings (SSSR count). The first kappa shape index (κ1) is 28.7. The van der Waals surface area contributed by atoms with Crippen molar-refractivity contribution in [2.24, 2.45) is 17.8 Å². The molecule has 7 nitrogen and oxygen atoms in total. The van der Waals surface area contributed by atoms with Crippen molar-refractivity contribution in [3.63, 3.8) is 0 Å². The third-order valence-corrected chi connectivity index (χ3v) is 10.8. The highest BCUT2D eigenvalue weighted by molar-refractivity contribution is 8.02. The second kappa shape index (κ2) is 11.4. The molecule has 2 bridgehead atoms. The molecule has 0 aliphatic carbocycles. The average molecular weight is 560 g/mol. The Labute approximate surface area is 234 Å². The van der Waals surface area contributed by atoms with Gasteiger partial charge in [-0.2, -0.15) is 0 Å². The monoisotopic (exact) mass is 559 g/mol. The maximum Gasteiger partial charge on any atom is 0.251 e. The molecule has 3 heterocycles. The number of fused-ring (bicyclic) bond motifs is 1. The first-order valence-corrected chi connectivity index (χ1v) is 14.5. The number of carbonyl (C=O) groups excluding carboxylic acids is 3. The van der Waals surface area contributed by atoms with Crippen LogP contribution in [0.15, 0.2) is 43.5 Å². The lowest BCUT2D eigenvalue weighted by Crippen LogP contribution is -2.57. The number of halogens is 1. The van der Waals surface area contributed by atoms with Gasteiger partial charge in [0.15, 0.2) is 0 Å². The number of hydrogen-bond acceptors (Lipinski definition) is 5. The van der Waals surface area contributed by atoms with E-state index in [1.165, 1.54) is 0 Å². The highest BCUT2D eigenvalue weighted by Crippen LogP contribution is 2.69. The number of aryl methyl sites for hydroxylation is 1. The van der Waals surface area contributed by atoms with Crippen molar-refractivity contribution in [1.82, 2.24) is 9.80 Å². The van der Waals surface area contributed by atoms with Gasteiger partial charge in [-0.3, -0.25) is 14.4 Å². The van der Waals surface area contributed by atoms with Crippen molar-refractivity contribution in [2.45, 2.75) is 49.1 Å². The molecule has 206 valence electrons. The van der Waals surface area contributed by atoms with Crippen LogP contribution in [-0.2, 0) is 14.4 Å². The number of para-hydroxylation sites is 1. The first-order valence-electron chi connectivity index (χ1n) is 13.3. The summed E-state index contributed by atoms with van der Waals surface area (Å²) in [4.78, 5) is 47.5. The molecule has 1 aromatic rings. The van der Waals surface area contributed by atoms with Crippen LogP contribution in [0.3, 0.4) is 0 Å². The van der Waals surface area contributed by atoms with Crippen molar-refractivity contribution in [3.05, 3.63) is 54.1 Å². The van der Waals surface area contributed by atoms with E-state index in [2.05, 4.69) is 20.1 Å². The molecule has 1 aromatic carbocycles. The molecule has 0 radical (unpaired) electrons. The summed E-state index contributed by atoms with van der Waals surface area (Å²) in [5.41, 5.74) is 1.47. The van der Waals surface area contributed by atoms with E-state index in [9.17, 15) is 19.5 Å². The van der Waals surface area contributed by atoms with Crippen LogP contribution in [0.4, 0.5) is 5.69 Å². The summed E-state index contributed by atoms with van der Waals surface area (Å²) in [7, 11) is 1.74. The second-order valence-corrected chi connectivity index (χ2v) is 12.6. The van der Waals surface area contributed by atoms with Crippen LogP contribution < -0.4 is 4.90 Å². The molecule has 0 saturated carbocycles. The fourth-order valence-corrected chi connectivity index (χ4v) is 9.52. The molecule has 0 aromatic heterocycles. The summed E-state index contributed by atoms with van der Waals surface area (Å²) in [5.74, 6) is -1.41. The number of aliphatic hydroxyl groups is 1. The molecule has 3 aliphatic rings. The van der Waals surface area contributed by atoms with Crippen LogP contribution in [0.1, 0.15) is 31.7 Å². The molecule has 3 unspecified atom stereocenters. The standard InChI is InChI=1S/C29H38ClN3O4S/c1-6-13-31(5)26(35)22-21-17-19(4)29(38-21)23(22)27(36)33(15-8-9-16-34)25(29)28(37)32(14-7-2)24-18(3)11-10-12-20(24)30/h6-7,10-12,19,21-23,25,34H,1-2,8-9,13-17H2,3-5H3/t19?,21-,22+,23-,25?,29?/m0/s1. The molecule has 9 heteroatoms. The van der Waals surface area contributed by atoms with Crippen molar-refractivity contribution in [2.75, 3.05) is 38.2 Å². The molecule has 3 amide bonds. The van der Waals surface area contributed by atoms with Gasteiger partial charge in [-0.1, -0.05) is 42.8 Å². The summed E-state index contributed by atoms with van der Waals surface area (Å²) in [6, 6.07) is 4.77. The van der Waals surface area contributed by atoms with Crippen molar-refractivity contribution >= 4 is 46.8 Å². The molecule has 6 atom stereocenters. The van der Waals surface area contributed by atoms with Crippen LogP contribution >= 0.6 is 23.4 Å². The van der Waals surface area contributed by atoms with Gasteiger partial charge >= 0.3 is 0 Å². The van der Waals surface area contributed by atoms with E-state index in [1.807, 2.05) is 19.1 Å². The van der Waals surface area contributed by atoms with Gasteiger partial charge in [-0.25, -0.2) is 0 Å². The Morgan fingerprint density at radius 3 is 2.58 bits per heavy atom. The molecule has 38 heavy (non-hydrogen) atoms. The lowest BCUT2D eigenvalue weighted by atomic mass is 9.65. The molecular weight excluding hydrogens is 522 g/mol. The number of amides is 3. The van der Waals surface area contributed by atoms with Crippen LogP contribution in [-0.4, -0.2) is 82.0 Å². The second-order valence-electron chi connectivity index (χ2n) is 10.7. The fraction of sp³-hybridized carbons (Fsp3) is 0.552. The zero-order valence-electron chi connectivity index (χ0n) is 22.4. The number of likely N-dealkylation sites (tertiary alicyclic amines) is 1. The normalized spacial score (nSPS) is 29.3. The SMILES string of the molecule is C=CCN(C)C(=O)[C@@H]1[C@@H]2CC(C)C3(S2)C(C(=O)N(CC=C)c2c(C)cccc2Cl)N(CCCCO)C(=O)[C@H]13. The van der Waals surface area contributed by atoms with Gasteiger partial charge in [0.2, 0.25) is 11.8 Å². The fourth-order valence-electron chi connectivity index (χ4n) is 6.79. The maximum absolute atomic E-state index is 14.7. The maximum atomic E-state index is 14.7. The number of nitrogens with zero attached hydrogens (tertiary/aromatic N) is 3. The Hall–Kier alpha value is -2.29. The Morgan fingerprint density at radius 1 is 1.24 bits per heavy atom. The minimum atomic E-state index is -0.748. The van der Waals surface area contributed by atoms with E-state index in [4.69, 9.17) is 11.6 Å². The van der Waals surface area contributed by atoms with Crippen LogP contribution in [0.25, 0.3) is 0 Å². The number of anilines is 1. The number of thioether (sulfide) groups is 1. The average Bonchev–Trinajstić information content (AvgIpc) is 3.46. The number of aliphatic hydroxyl groups excluding tert-OH is 1. The Kier molecular flexibility index (Phi) is 8.65. The quantitative estimate of drug-likeness (QED) is 0.328. The Morgan fingerprint density at radius 2 is 1.95 bits per heavy atom.